The van der Waals surface area contributed by atoms with E-state index in [-0.39, 0.29) is 26.8 Å². The van der Waals surface area contributed by atoms with Crippen LogP contribution in [0.25, 0.3) is 0 Å². The molecule has 1 rings (SSSR count). The van der Waals surface area contributed by atoms with E-state index < -0.39 is 23.2 Å². The molecule has 1 aromatic rings. The third-order valence-corrected chi connectivity index (χ3v) is 4.33. The highest BCUT2D eigenvalue weighted by Gasteiger charge is 2.24. The molecule has 0 aromatic heterocycles. The summed E-state index contributed by atoms with van der Waals surface area (Å²) in [4.78, 5) is 10.9. The van der Waals surface area contributed by atoms with Crippen molar-refractivity contribution < 1.29 is 22.9 Å². The summed E-state index contributed by atoms with van der Waals surface area (Å²) in [6.45, 7) is 4.68. The van der Waals surface area contributed by atoms with E-state index in [4.69, 9.17) is 5.11 Å². The Bertz CT molecular complexity index is 498. The highest BCUT2D eigenvalue weighted by molar-refractivity contribution is 7.85. The predicted molar refractivity (Wildman–Crippen MR) is 64.6 cm³/mol. The normalized spacial score (nSPS) is 13.1. The van der Waals surface area contributed by atoms with Gasteiger partial charge in [-0.05, 0) is 18.6 Å². The van der Waals surface area contributed by atoms with Crippen molar-refractivity contribution >= 4 is 16.8 Å². The number of aromatic carboxylic acids is 1. The highest BCUT2D eigenvalue weighted by Crippen LogP contribution is 2.31. The molecule has 1 N–H and O–H groups in total. The minimum absolute atomic E-state index is 0.0556. The van der Waals surface area contributed by atoms with Gasteiger partial charge in [-0.2, -0.15) is 0 Å². The Balaban J connectivity index is 3.55. The van der Waals surface area contributed by atoms with Crippen LogP contribution < -0.4 is 0 Å². The van der Waals surface area contributed by atoms with Crippen LogP contribution in [0.4, 0.5) is 8.78 Å². The minimum atomic E-state index is -2.77. The van der Waals surface area contributed by atoms with Crippen LogP contribution in [0.2, 0.25) is 0 Å². The topological polar surface area (TPSA) is 54.4 Å². The minimum Gasteiger partial charge on any atom is -0.478 e. The molecule has 0 unspecified atom stereocenters. The van der Waals surface area contributed by atoms with Crippen LogP contribution in [0.3, 0.4) is 0 Å². The second-order valence-corrected chi connectivity index (χ2v) is 6.05. The molecule has 0 aliphatic heterocycles. The van der Waals surface area contributed by atoms with Gasteiger partial charge in [0, 0.05) is 10.8 Å². The first-order valence-corrected chi connectivity index (χ1v) is 6.54. The number of hydrogen-bond acceptors (Lipinski definition) is 2. The summed E-state index contributed by atoms with van der Waals surface area (Å²) in [6.07, 6.45) is -2.77. The molecule has 18 heavy (non-hydrogen) atoms. The van der Waals surface area contributed by atoms with E-state index in [1.54, 1.807) is 13.8 Å². The first-order chi connectivity index (χ1) is 8.27. The molecule has 1 atom stereocenters. The lowest BCUT2D eigenvalue weighted by Crippen LogP contribution is -2.13. The van der Waals surface area contributed by atoms with E-state index in [1.165, 1.54) is 6.92 Å². The molecular weight excluding hydrogens is 262 g/mol. The summed E-state index contributed by atoms with van der Waals surface area (Å²) in [5, 5.41) is 8.60. The highest BCUT2D eigenvalue weighted by atomic mass is 32.2. The number of rotatable bonds is 4. The van der Waals surface area contributed by atoms with Crippen LogP contribution in [-0.2, 0) is 10.8 Å². The molecule has 0 fully saturated rings. The van der Waals surface area contributed by atoms with E-state index in [0.717, 1.165) is 12.1 Å². The number of carbonyl (C=O) groups is 1. The maximum Gasteiger partial charge on any atom is 0.335 e. The molecule has 0 bridgehead atoms. The Morgan fingerprint density at radius 3 is 2.28 bits per heavy atom. The first kappa shape index (κ1) is 14.8. The van der Waals surface area contributed by atoms with Gasteiger partial charge >= 0.3 is 5.97 Å². The maximum atomic E-state index is 12.9. The smallest absolute Gasteiger partial charge is 0.335 e. The Labute approximate surface area is 106 Å². The van der Waals surface area contributed by atoms with Crippen LogP contribution in [-0.4, -0.2) is 20.5 Å². The molecule has 100 valence electrons. The molecule has 1 aromatic carbocycles. The summed E-state index contributed by atoms with van der Waals surface area (Å²) in [5.74, 6) is -1.21. The van der Waals surface area contributed by atoms with E-state index in [1.807, 2.05) is 0 Å². The van der Waals surface area contributed by atoms with Crippen molar-refractivity contribution in [1.82, 2.24) is 0 Å². The van der Waals surface area contributed by atoms with E-state index in [0.29, 0.717) is 0 Å². The average Bonchev–Trinajstić information content (AvgIpc) is 2.26. The second-order valence-electron chi connectivity index (χ2n) is 4.11. The van der Waals surface area contributed by atoms with Crippen LogP contribution in [0.15, 0.2) is 17.0 Å². The molecule has 0 saturated carbocycles. The van der Waals surface area contributed by atoms with Crippen molar-refractivity contribution in [2.24, 2.45) is 0 Å². The lowest BCUT2D eigenvalue weighted by atomic mass is 10.1. The Morgan fingerprint density at radius 2 is 1.89 bits per heavy atom. The molecule has 6 heteroatoms. The lowest BCUT2D eigenvalue weighted by molar-refractivity contribution is 0.0695. The van der Waals surface area contributed by atoms with Crippen LogP contribution in [0, 0.1) is 6.92 Å². The zero-order chi connectivity index (χ0) is 14.0. The average molecular weight is 276 g/mol. The summed E-state index contributed by atoms with van der Waals surface area (Å²) in [6, 6.07) is 2.16. The number of hydrogen-bond donors (Lipinski definition) is 1. The fourth-order valence-electron chi connectivity index (χ4n) is 1.62. The summed E-state index contributed by atoms with van der Waals surface area (Å²) < 4.78 is 37.8. The summed E-state index contributed by atoms with van der Waals surface area (Å²) >= 11 is 0. The monoisotopic (exact) mass is 276 g/mol. The maximum absolute atomic E-state index is 12.9. The van der Waals surface area contributed by atoms with Crippen molar-refractivity contribution in [1.29, 1.82) is 0 Å². The zero-order valence-corrected chi connectivity index (χ0v) is 11.1. The summed E-state index contributed by atoms with van der Waals surface area (Å²) in [7, 11) is -1.65. The fraction of sp³-hybridized carbons (Fsp3) is 0.417. The van der Waals surface area contributed by atoms with Crippen molar-refractivity contribution in [2.45, 2.75) is 37.3 Å². The largest absolute Gasteiger partial charge is 0.478 e. The van der Waals surface area contributed by atoms with Crippen LogP contribution >= 0.6 is 0 Å². The van der Waals surface area contributed by atoms with Gasteiger partial charge in [0.15, 0.2) is 0 Å². The molecule has 0 aliphatic carbocycles. The lowest BCUT2D eigenvalue weighted by Gasteiger charge is -2.15. The van der Waals surface area contributed by atoms with E-state index >= 15 is 0 Å². The van der Waals surface area contributed by atoms with E-state index in [2.05, 4.69) is 0 Å². The van der Waals surface area contributed by atoms with Gasteiger partial charge in [0.2, 0.25) is 0 Å². The van der Waals surface area contributed by atoms with Crippen LogP contribution in [0.5, 0.6) is 0 Å². The molecule has 0 saturated heterocycles. The second kappa shape index (κ2) is 5.56. The third-order valence-electron chi connectivity index (χ3n) is 2.53. The van der Waals surface area contributed by atoms with Gasteiger partial charge in [0.1, 0.15) is 0 Å². The number of carboxylic acids is 1. The van der Waals surface area contributed by atoms with E-state index in [9.17, 15) is 17.8 Å². The van der Waals surface area contributed by atoms with Crippen molar-refractivity contribution in [3.8, 4) is 0 Å². The molecule has 3 nitrogen and oxygen atoms in total. The Hall–Kier alpha value is -1.30. The van der Waals surface area contributed by atoms with Gasteiger partial charge in [-0.15, -0.1) is 0 Å². The standard InChI is InChI=1S/C12H14F2O3S/c1-6(2)18(17)10-7(3)8(12(15)16)4-5-9(10)11(13)14/h4-6,11H,1-3H3,(H,15,16)/t18-/m1/s1. The molecule has 0 radical (unpaired) electrons. The summed E-state index contributed by atoms with van der Waals surface area (Å²) in [5.41, 5.74) is -0.305. The van der Waals surface area contributed by atoms with Crippen molar-refractivity contribution in [3.05, 3.63) is 28.8 Å². The molecule has 0 amide bonds. The SMILES string of the molecule is Cc1c(C(=O)O)ccc(C(F)F)c1[S@](=O)C(C)C. The molecule has 0 heterocycles. The number of benzene rings is 1. The fourth-order valence-corrected chi connectivity index (χ4v) is 2.89. The first-order valence-electron chi connectivity index (χ1n) is 5.32. The Morgan fingerprint density at radius 1 is 1.33 bits per heavy atom. The van der Waals surface area contributed by atoms with Crippen molar-refractivity contribution in [3.63, 3.8) is 0 Å². The third kappa shape index (κ3) is 2.75. The van der Waals surface area contributed by atoms with Gasteiger partial charge in [-0.3, -0.25) is 4.21 Å². The predicted octanol–water partition coefficient (Wildman–Crippen LogP) is 3.15. The van der Waals surface area contributed by atoms with Crippen LogP contribution in [0.1, 0.15) is 41.8 Å². The quantitative estimate of drug-likeness (QED) is 0.919. The number of alkyl halides is 2. The zero-order valence-electron chi connectivity index (χ0n) is 10.2. The molecular formula is C12H14F2O3S. The number of carboxylic acid groups (broad SMARTS) is 1. The molecule has 0 aliphatic rings. The van der Waals surface area contributed by atoms with Crippen molar-refractivity contribution in [2.75, 3.05) is 0 Å². The van der Waals surface area contributed by atoms with Gasteiger partial charge < -0.3 is 5.11 Å². The van der Waals surface area contributed by atoms with Gasteiger partial charge in [0.05, 0.1) is 21.3 Å². The van der Waals surface area contributed by atoms with Gasteiger partial charge in [-0.1, -0.05) is 19.9 Å². The Kier molecular flexibility index (Phi) is 4.56. The van der Waals surface area contributed by atoms with Gasteiger partial charge in [0.25, 0.3) is 6.43 Å². The number of halogens is 2. The van der Waals surface area contributed by atoms with Gasteiger partial charge in [-0.25, -0.2) is 13.6 Å². The molecule has 0 spiro atoms.